The Labute approximate surface area is 188 Å². The van der Waals surface area contributed by atoms with Gasteiger partial charge in [-0.15, -0.1) is 0 Å². The number of nitrogens with zero attached hydrogens (tertiary/aromatic N) is 4. The number of imidazole rings is 1. The lowest BCUT2D eigenvalue weighted by molar-refractivity contribution is 0.0996. The summed E-state index contributed by atoms with van der Waals surface area (Å²) in [5.74, 6) is 0.849. The van der Waals surface area contributed by atoms with Gasteiger partial charge in [-0.2, -0.15) is 0 Å². The van der Waals surface area contributed by atoms with Crippen molar-refractivity contribution in [3.8, 4) is 11.3 Å². The summed E-state index contributed by atoms with van der Waals surface area (Å²) in [6.07, 6.45) is 1.68. The van der Waals surface area contributed by atoms with E-state index >= 15 is 0 Å². The molecule has 8 heteroatoms. The minimum Gasteiger partial charge on any atom is -0.447 e. The lowest BCUT2D eigenvalue weighted by Gasteiger charge is -2.21. The van der Waals surface area contributed by atoms with Gasteiger partial charge in [-0.05, 0) is 36.1 Å². The molecule has 0 spiro atoms. The molecular weight excluding hydrogens is 463 g/mol. The molecule has 2 aliphatic rings. The predicted molar refractivity (Wildman–Crippen MR) is 119 cm³/mol. The maximum absolute atomic E-state index is 12.3. The summed E-state index contributed by atoms with van der Waals surface area (Å²) in [6, 6.07) is 14.3. The van der Waals surface area contributed by atoms with Gasteiger partial charge in [0.1, 0.15) is 18.9 Å². The third-order valence-corrected chi connectivity index (χ3v) is 6.77. The van der Waals surface area contributed by atoms with Gasteiger partial charge in [0.05, 0.1) is 11.4 Å². The van der Waals surface area contributed by atoms with E-state index in [1.165, 1.54) is 5.69 Å². The first-order chi connectivity index (χ1) is 15.1. The van der Waals surface area contributed by atoms with Crippen LogP contribution in [0.15, 0.2) is 53.1 Å². The zero-order chi connectivity index (χ0) is 21.4. The second-order valence-corrected chi connectivity index (χ2v) is 9.18. The number of halogens is 2. The van der Waals surface area contributed by atoms with Gasteiger partial charge in [-0.3, -0.25) is 4.90 Å². The molecular formula is C23H24BrFN4O2. The van der Waals surface area contributed by atoms with Crippen LogP contribution in [0.1, 0.15) is 5.69 Å². The van der Waals surface area contributed by atoms with Gasteiger partial charge in [-0.1, -0.05) is 34.1 Å². The summed E-state index contributed by atoms with van der Waals surface area (Å²) >= 11 is 3.51. The summed E-state index contributed by atoms with van der Waals surface area (Å²) in [7, 11) is 0. The second kappa shape index (κ2) is 8.59. The Morgan fingerprint density at radius 1 is 1.10 bits per heavy atom. The van der Waals surface area contributed by atoms with E-state index in [2.05, 4.69) is 43.6 Å². The number of pyridine rings is 1. The molecule has 2 saturated heterocycles. The molecule has 4 heterocycles. The Hall–Kier alpha value is -2.45. The van der Waals surface area contributed by atoms with Crippen molar-refractivity contribution in [2.24, 2.45) is 11.8 Å². The van der Waals surface area contributed by atoms with E-state index in [9.17, 15) is 9.18 Å². The van der Waals surface area contributed by atoms with Crippen LogP contribution in [-0.2, 0) is 11.3 Å². The van der Waals surface area contributed by atoms with Gasteiger partial charge >= 0.3 is 6.09 Å². The number of carbonyl (C=O) groups excluding carboxylic acids is 1. The van der Waals surface area contributed by atoms with Crippen LogP contribution in [-0.4, -0.2) is 64.7 Å². The second-order valence-electron chi connectivity index (χ2n) is 8.27. The van der Waals surface area contributed by atoms with Crippen molar-refractivity contribution in [3.05, 3.63) is 58.8 Å². The highest BCUT2D eigenvalue weighted by molar-refractivity contribution is 9.10. The Kier molecular flexibility index (Phi) is 5.67. The third-order valence-electron chi connectivity index (χ3n) is 6.24. The lowest BCUT2D eigenvalue weighted by Crippen LogP contribution is -2.34. The quantitative estimate of drug-likeness (QED) is 0.541. The average molecular weight is 487 g/mol. The maximum Gasteiger partial charge on any atom is 0.409 e. The van der Waals surface area contributed by atoms with E-state index in [0.29, 0.717) is 24.9 Å². The van der Waals surface area contributed by atoms with Crippen LogP contribution in [0.5, 0.6) is 0 Å². The summed E-state index contributed by atoms with van der Waals surface area (Å²) in [5, 5.41) is 0. The van der Waals surface area contributed by atoms with Crippen molar-refractivity contribution < 1.29 is 13.9 Å². The number of likely N-dealkylation sites (tertiary alicyclic amines) is 2. The van der Waals surface area contributed by atoms with Crippen molar-refractivity contribution >= 4 is 27.7 Å². The van der Waals surface area contributed by atoms with E-state index in [-0.39, 0.29) is 6.61 Å². The zero-order valence-electron chi connectivity index (χ0n) is 17.1. The number of benzene rings is 1. The van der Waals surface area contributed by atoms with Gasteiger partial charge in [0, 0.05) is 49.0 Å². The largest absolute Gasteiger partial charge is 0.447 e. The van der Waals surface area contributed by atoms with Gasteiger partial charge < -0.3 is 14.0 Å². The molecule has 2 aliphatic heterocycles. The number of alkyl halides is 1. The Balaban J connectivity index is 1.34. The van der Waals surface area contributed by atoms with Crippen LogP contribution in [0.3, 0.4) is 0 Å². The lowest BCUT2D eigenvalue weighted by atomic mass is 10.0. The molecule has 0 saturated carbocycles. The van der Waals surface area contributed by atoms with Gasteiger partial charge in [0.25, 0.3) is 0 Å². The summed E-state index contributed by atoms with van der Waals surface area (Å²) in [5.41, 5.74) is 4.23. The molecule has 6 nitrogen and oxygen atoms in total. The predicted octanol–water partition coefficient (Wildman–Crippen LogP) is 4.23. The number of hydrogen-bond donors (Lipinski definition) is 0. The van der Waals surface area contributed by atoms with Crippen molar-refractivity contribution in [1.82, 2.24) is 19.2 Å². The van der Waals surface area contributed by atoms with Crippen LogP contribution in [0.2, 0.25) is 0 Å². The SMILES string of the molecule is O=C(OCCF)N1CC2CN(Cc3c(-c4ccc(Br)cc4)nc4ccccn34)CC2C1. The molecule has 162 valence electrons. The normalized spacial score (nSPS) is 21.0. The molecule has 0 N–H and O–H groups in total. The summed E-state index contributed by atoms with van der Waals surface area (Å²) in [6.45, 7) is 3.22. The monoisotopic (exact) mass is 486 g/mol. The van der Waals surface area contributed by atoms with Crippen molar-refractivity contribution in [1.29, 1.82) is 0 Å². The van der Waals surface area contributed by atoms with Gasteiger partial charge in [0.2, 0.25) is 0 Å². The van der Waals surface area contributed by atoms with Crippen LogP contribution in [0, 0.1) is 11.8 Å². The fourth-order valence-corrected chi connectivity index (χ4v) is 5.10. The molecule has 2 aromatic heterocycles. The molecule has 31 heavy (non-hydrogen) atoms. The fraction of sp³-hybridized carbons (Fsp3) is 0.391. The Morgan fingerprint density at radius 3 is 2.55 bits per heavy atom. The number of ether oxygens (including phenoxy) is 1. The molecule has 2 fully saturated rings. The number of fused-ring (bicyclic) bond motifs is 2. The highest BCUT2D eigenvalue weighted by Gasteiger charge is 2.42. The number of carbonyl (C=O) groups is 1. The Morgan fingerprint density at radius 2 is 1.84 bits per heavy atom. The van der Waals surface area contributed by atoms with Gasteiger partial charge in [-0.25, -0.2) is 14.2 Å². The van der Waals surface area contributed by atoms with Crippen molar-refractivity contribution in [2.45, 2.75) is 6.54 Å². The van der Waals surface area contributed by atoms with Gasteiger partial charge in [0.15, 0.2) is 0 Å². The summed E-state index contributed by atoms with van der Waals surface area (Å²) in [4.78, 5) is 21.1. The molecule has 1 aromatic carbocycles. The standard InChI is InChI=1S/C23H24BrFN4O2/c24-19-6-4-16(5-7-19)22-20(29-9-2-1-3-21(29)26-22)15-27-11-17-13-28(14-18(17)12-27)23(30)31-10-8-25/h1-7,9,17-18H,8,10-15H2. The number of aromatic nitrogens is 2. The molecule has 5 rings (SSSR count). The zero-order valence-corrected chi connectivity index (χ0v) is 18.7. The van der Waals surface area contributed by atoms with E-state index < -0.39 is 12.8 Å². The number of amides is 1. The molecule has 1 amide bonds. The first-order valence-electron chi connectivity index (χ1n) is 10.5. The van der Waals surface area contributed by atoms with E-state index in [4.69, 9.17) is 9.72 Å². The van der Waals surface area contributed by atoms with E-state index in [1.54, 1.807) is 4.90 Å². The molecule has 0 bridgehead atoms. The average Bonchev–Trinajstić information content (AvgIpc) is 3.45. The molecule has 2 unspecified atom stereocenters. The first kappa shape index (κ1) is 20.5. The van der Waals surface area contributed by atoms with Crippen LogP contribution in [0.25, 0.3) is 16.9 Å². The topological polar surface area (TPSA) is 50.1 Å². The van der Waals surface area contributed by atoms with Crippen LogP contribution < -0.4 is 0 Å². The van der Waals surface area contributed by atoms with Crippen LogP contribution >= 0.6 is 15.9 Å². The van der Waals surface area contributed by atoms with E-state index in [0.717, 1.165) is 41.0 Å². The fourth-order valence-electron chi connectivity index (χ4n) is 4.83. The first-order valence-corrected chi connectivity index (χ1v) is 11.3. The molecule has 0 radical (unpaired) electrons. The smallest absolute Gasteiger partial charge is 0.409 e. The molecule has 0 aliphatic carbocycles. The minimum absolute atomic E-state index is 0.163. The highest BCUT2D eigenvalue weighted by atomic mass is 79.9. The molecule has 3 aromatic rings. The minimum atomic E-state index is -0.639. The van der Waals surface area contributed by atoms with E-state index in [1.807, 2.05) is 30.3 Å². The number of rotatable bonds is 5. The van der Waals surface area contributed by atoms with Crippen LogP contribution in [0.4, 0.5) is 9.18 Å². The van der Waals surface area contributed by atoms with Crippen molar-refractivity contribution in [3.63, 3.8) is 0 Å². The Bertz CT molecular complexity index is 1070. The number of hydrogen-bond acceptors (Lipinski definition) is 4. The maximum atomic E-state index is 12.3. The molecule has 2 atom stereocenters. The highest BCUT2D eigenvalue weighted by Crippen LogP contribution is 2.34. The summed E-state index contributed by atoms with van der Waals surface area (Å²) < 4.78 is 20.5. The van der Waals surface area contributed by atoms with Crippen molar-refractivity contribution in [2.75, 3.05) is 39.5 Å². The third kappa shape index (κ3) is 4.06.